The number of ether oxygens (including phenoxy) is 1. The summed E-state index contributed by atoms with van der Waals surface area (Å²) in [7, 11) is 0. The van der Waals surface area contributed by atoms with E-state index in [4.69, 9.17) is 9.72 Å². The van der Waals surface area contributed by atoms with E-state index in [9.17, 15) is 14.4 Å². The molecule has 2 aliphatic rings. The molecule has 2 heterocycles. The number of para-hydroxylation sites is 1. The van der Waals surface area contributed by atoms with Gasteiger partial charge in [-0.1, -0.05) is 54.2 Å². The van der Waals surface area contributed by atoms with Crippen molar-refractivity contribution in [1.82, 2.24) is 20.2 Å². The number of nitrogens with zero attached hydrogens (tertiary/aromatic N) is 2. The van der Waals surface area contributed by atoms with E-state index in [2.05, 4.69) is 10.6 Å². The lowest BCUT2D eigenvalue weighted by atomic mass is 9.81. The molecule has 0 spiro atoms. The predicted octanol–water partition coefficient (Wildman–Crippen LogP) is 3.95. The van der Waals surface area contributed by atoms with Crippen molar-refractivity contribution < 1.29 is 14.3 Å². The Labute approximate surface area is 239 Å². The number of hydrogen-bond acceptors (Lipinski definition) is 6. The third kappa shape index (κ3) is 7.52. The van der Waals surface area contributed by atoms with Crippen LogP contribution in [0.5, 0.6) is 0 Å². The SMILES string of the molecule is O=C(CSc1nc2ccccc2c(=O)n1CC1CCC(C(=O)NC[C@@H]2CCCO2)CC1)NCCc1ccccc1. The highest BCUT2D eigenvalue weighted by atomic mass is 32.2. The molecular formula is C31H38N4O4S. The number of hydrogen-bond donors (Lipinski definition) is 2. The summed E-state index contributed by atoms with van der Waals surface area (Å²) in [6.07, 6.45) is 6.36. The van der Waals surface area contributed by atoms with Gasteiger partial charge in [-0.05, 0) is 68.6 Å². The van der Waals surface area contributed by atoms with Gasteiger partial charge in [0, 0.05) is 32.2 Å². The van der Waals surface area contributed by atoms with Crippen molar-refractivity contribution in [3.05, 3.63) is 70.5 Å². The van der Waals surface area contributed by atoms with E-state index in [0.29, 0.717) is 35.7 Å². The molecule has 1 saturated carbocycles. The minimum Gasteiger partial charge on any atom is -0.376 e. The third-order valence-corrected chi connectivity index (χ3v) is 8.90. The molecule has 1 aliphatic carbocycles. The predicted molar refractivity (Wildman–Crippen MR) is 157 cm³/mol. The minimum absolute atomic E-state index is 0.0116. The minimum atomic E-state index is -0.0792. The van der Waals surface area contributed by atoms with Gasteiger partial charge in [0.15, 0.2) is 5.16 Å². The summed E-state index contributed by atoms with van der Waals surface area (Å²) in [4.78, 5) is 43.6. The van der Waals surface area contributed by atoms with Crippen LogP contribution in [0.4, 0.5) is 0 Å². The van der Waals surface area contributed by atoms with Crippen molar-refractivity contribution in [2.45, 2.75) is 62.8 Å². The zero-order valence-electron chi connectivity index (χ0n) is 22.8. The smallest absolute Gasteiger partial charge is 0.262 e. The zero-order valence-corrected chi connectivity index (χ0v) is 23.7. The number of amides is 2. The van der Waals surface area contributed by atoms with Crippen LogP contribution in [0.3, 0.4) is 0 Å². The first-order chi connectivity index (χ1) is 19.6. The van der Waals surface area contributed by atoms with Gasteiger partial charge in [0.25, 0.3) is 5.56 Å². The number of fused-ring (bicyclic) bond motifs is 1. The van der Waals surface area contributed by atoms with Crippen LogP contribution in [0.1, 0.15) is 44.1 Å². The first kappa shape index (κ1) is 28.4. The molecule has 0 radical (unpaired) electrons. The standard InChI is InChI=1S/C31H38N4O4S/c36-28(32-17-16-22-7-2-1-3-8-22)21-40-31-34-27-11-5-4-10-26(27)30(38)35(31)20-23-12-14-24(15-13-23)29(37)33-19-25-9-6-18-39-25/h1-5,7-8,10-11,23-25H,6,9,12-21H2,(H,32,36)(H,33,37)/t23?,24?,25-/m0/s1. The number of carbonyl (C=O) groups excluding carboxylic acids is 2. The van der Waals surface area contributed by atoms with Gasteiger partial charge in [-0.2, -0.15) is 0 Å². The summed E-state index contributed by atoms with van der Waals surface area (Å²) in [5, 5.41) is 7.21. The maximum Gasteiger partial charge on any atom is 0.262 e. The van der Waals surface area contributed by atoms with Crippen LogP contribution in [0, 0.1) is 11.8 Å². The molecular weight excluding hydrogens is 524 g/mol. The lowest BCUT2D eigenvalue weighted by Crippen LogP contribution is -2.38. The average Bonchev–Trinajstić information content (AvgIpc) is 3.51. The van der Waals surface area contributed by atoms with Crippen LogP contribution in [-0.2, 0) is 27.3 Å². The monoisotopic (exact) mass is 562 g/mol. The second-order valence-corrected chi connectivity index (χ2v) is 11.7. The first-order valence-electron chi connectivity index (χ1n) is 14.4. The number of nitrogens with one attached hydrogen (secondary N) is 2. The highest BCUT2D eigenvalue weighted by molar-refractivity contribution is 7.99. The van der Waals surface area contributed by atoms with Gasteiger partial charge < -0.3 is 15.4 Å². The fourth-order valence-corrected chi connectivity index (χ4v) is 6.46. The summed E-state index contributed by atoms with van der Waals surface area (Å²) < 4.78 is 7.36. The molecule has 1 aliphatic heterocycles. The third-order valence-electron chi connectivity index (χ3n) is 7.92. The molecule has 212 valence electrons. The Morgan fingerprint density at radius 2 is 1.75 bits per heavy atom. The van der Waals surface area contributed by atoms with Crippen LogP contribution in [0.2, 0.25) is 0 Å². The van der Waals surface area contributed by atoms with E-state index in [0.717, 1.165) is 51.6 Å². The molecule has 5 rings (SSSR count). The van der Waals surface area contributed by atoms with Crippen molar-refractivity contribution >= 4 is 34.5 Å². The van der Waals surface area contributed by atoms with E-state index in [1.54, 1.807) is 10.6 Å². The number of rotatable bonds is 11. The molecule has 0 unspecified atom stereocenters. The number of benzene rings is 2. The van der Waals surface area contributed by atoms with Crippen LogP contribution in [0.15, 0.2) is 64.5 Å². The van der Waals surface area contributed by atoms with Gasteiger partial charge >= 0.3 is 0 Å². The van der Waals surface area contributed by atoms with Crippen LogP contribution in [-0.4, -0.2) is 52.9 Å². The quantitative estimate of drug-likeness (QED) is 0.271. The molecule has 1 saturated heterocycles. The topological polar surface area (TPSA) is 102 Å². The molecule has 8 nitrogen and oxygen atoms in total. The highest BCUT2D eigenvalue weighted by Gasteiger charge is 2.28. The van der Waals surface area contributed by atoms with Gasteiger partial charge in [-0.15, -0.1) is 0 Å². The number of aromatic nitrogens is 2. The van der Waals surface area contributed by atoms with E-state index in [1.165, 1.54) is 17.3 Å². The second kappa shape index (κ2) is 13.9. The van der Waals surface area contributed by atoms with Crippen molar-refractivity contribution in [3.8, 4) is 0 Å². The molecule has 2 amide bonds. The van der Waals surface area contributed by atoms with E-state index in [-0.39, 0.29) is 41.1 Å². The molecule has 9 heteroatoms. The zero-order chi connectivity index (χ0) is 27.7. The summed E-state index contributed by atoms with van der Waals surface area (Å²) in [6.45, 7) is 2.48. The van der Waals surface area contributed by atoms with E-state index >= 15 is 0 Å². The maximum absolute atomic E-state index is 13.5. The Hall–Kier alpha value is -3.17. The molecule has 2 aromatic carbocycles. The second-order valence-electron chi connectivity index (χ2n) is 10.8. The molecule has 3 aromatic rings. The number of carbonyl (C=O) groups is 2. The fourth-order valence-electron chi connectivity index (χ4n) is 5.62. The van der Waals surface area contributed by atoms with Crippen LogP contribution < -0.4 is 16.2 Å². The lowest BCUT2D eigenvalue weighted by Gasteiger charge is -2.29. The molecule has 1 atom stereocenters. The Bertz CT molecular complexity index is 1350. The first-order valence-corrected chi connectivity index (χ1v) is 15.4. The Balaban J connectivity index is 1.18. The van der Waals surface area contributed by atoms with E-state index < -0.39 is 0 Å². The Kier molecular flexibility index (Phi) is 9.89. The van der Waals surface area contributed by atoms with Crippen molar-refractivity contribution in [2.24, 2.45) is 11.8 Å². The average molecular weight is 563 g/mol. The van der Waals surface area contributed by atoms with Crippen molar-refractivity contribution in [3.63, 3.8) is 0 Å². The molecule has 2 fully saturated rings. The Morgan fingerprint density at radius 1 is 0.975 bits per heavy atom. The summed E-state index contributed by atoms with van der Waals surface area (Å²) in [5.74, 6) is 0.522. The van der Waals surface area contributed by atoms with Gasteiger partial charge in [0.1, 0.15) is 0 Å². The molecule has 1 aromatic heterocycles. The van der Waals surface area contributed by atoms with Crippen LogP contribution in [0.25, 0.3) is 10.9 Å². The summed E-state index contributed by atoms with van der Waals surface area (Å²) in [6, 6.07) is 17.4. The summed E-state index contributed by atoms with van der Waals surface area (Å²) >= 11 is 1.31. The number of thioether (sulfide) groups is 1. The Morgan fingerprint density at radius 3 is 2.52 bits per heavy atom. The normalized spacial score (nSPS) is 20.9. The van der Waals surface area contributed by atoms with E-state index in [1.807, 2.05) is 48.5 Å². The molecule has 2 N–H and O–H groups in total. The maximum atomic E-state index is 13.5. The van der Waals surface area contributed by atoms with Gasteiger partial charge in [0.05, 0.1) is 22.8 Å². The van der Waals surface area contributed by atoms with Gasteiger partial charge in [-0.25, -0.2) is 4.98 Å². The van der Waals surface area contributed by atoms with Crippen molar-refractivity contribution in [1.29, 1.82) is 0 Å². The van der Waals surface area contributed by atoms with Crippen LogP contribution >= 0.6 is 11.8 Å². The lowest BCUT2D eigenvalue weighted by molar-refractivity contribution is -0.126. The largest absolute Gasteiger partial charge is 0.376 e. The summed E-state index contributed by atoms with van der Waals surface area (Å²) in [5.41, 5.74) is 1.74. The highest BCUT2D eigenvalue weighted by Crippen LogP contribution is 2.31. The van der Waals surface area contributed by atoms with Gasteiger partial charge in [-0.3, -0.25) is 19.0 Å². The fraction of sp³-hybridized carbons (Fsp3) is 0.484. The molecule has 40 heavy (non-hydrogen) atoms. The van der Waals surface area contributed by atoms with Gasteiger partial charge in [0.2, 0.25) is 11.8 Å². The molecule has 0 bridgehead atoms. The van der Waals surface area contributed by atoms with Crippen molar-refractivity contribution in [2.75, 3.05) is 25.4 Å².